The number of aromatic nitrogens is 4. The number of hydrogen-bond acceptors (Lipinski definition) is 1. The Morgan fingerprint density at radius 2 is 1.02 bits per heavy atom. The van der Waals surface area contributed by atoms with E-state index in [2.05, 4.69) is 195 Å². The van der Waals surface area contributed by atoms with E-state index in [1.165, 1.54) is 125 Å². The summed E-state index contributed by atoms with van der Waals surface area (Å²) in [5.74, 6) is 0. The predicted molar refractivity (Wildman–Crippen MR) is 248 cm³/mol. The van der Waals surface area contributed by atoms with Crippen molar-refractivity contribution >= 4 is 120 Å². The lowest BCUT2D eigenvalue weighted by Crippen LogP contribution is -1.93. The van der Waals surface area contributed by atoms with Crippen molar-refractivity contribution in [3.63, 3.8) is 0 Å². The normalized spacial score (nSPS) is 12.7. The van der Waals surface area contributed by atoms with Crippen molar-refractivity contribution in [2.24, 2.45) is 0 Å². The largest absolute Gasteiger partial charge is 0.309 e. The van der Waals surface area contributed by atoms with Gasteiger partial charge in [0.05, 0.1) is 44.8 Å². The SMILES string of the molecule is c1ccc(-n2c3ccccc3c3cc(-c4cccc5c6cccc7c8c9c%10cc%11ccccc%11c%11c%12ccc%13ccccc%13c%12n(c9ncc8n(c45)c67)c%10%11)ccc32)cc1. The van der Waals surface area contributed by atoms with E-state index in [-0.39, 0.29) is 0 Å². The second-order valence-corrected chi connectivity index (χ2v) is 16.3. The van der Waals surface area contributed by atoms with Crippen molar-refractivity contribution in [2.75, 3.05) is 0 Å². The first-order valence-electron chi connectivity index (χ1n) is 20.4. The van der Waals surface area contributed by atoms with E-state index < -0.39 is 0 Å². The summed E-state index contributed by atoms with van der Waals surface area (Å²) in [5.41, 5.74) is 13.1. The summed E-state index contributed by atoms with van der Waals surface area (Å²) in [6.45, 7) is 0. The monoisotopic (exact) mass is 746 g/mol. The van der Waals surface area contributed by atoms with Crippen LogP contribution in [0.2, 0.25) is 0 Å². The van der Waals surface area contributed by atoms with Gasteiger partial charge < -0.3 is 8.97 Å². The summed E-state index contributed by atoms with van der Waals surface area (Å²) >= 11 is 0. The lowest BCUT2D eigenvalue weighted by molar-refractivity contribution is 1.18. The molecule has 15 rings (SSSR count). The van der Waals surface area contributed by atoms with Gasteiger partial charge in [-0.05, 0) is 58.1 Å². The molecule has 0 atom stereocenters. The quantitative estimate of drug-likeness (QED) is 0.173. The molecule has 270 valence electrons. The summed E-state index contributed by atoms with van der Waals surface area (Å²) in [7, 11) is 0. The number of hydrogen-bond donors (Lipinski definition) is 0. The van der Waals surface area contributed by atoms with Gasteiger partial charge in [-0.15, -0.1) is 0 Å². The molecule has 59 heavy (non-hydrogen) atoms. The van der Waals surface area contributed by atoms with Crippen molar-refractivity contribution in [3.05, 3.63) is 182 Å². The fourth-order valence-corrected chi connectivity index (χ4v) is 11.2. The Balaban J connectivity index is 1.10. The Hall–Kier alpha value is -7.95. The molecule has 0 fully saturated rings. The summed E-state index contributed by atoms with van der Waals surface area (Å²) in [6.07, 6.45) is 2.15. The molecule has 0 saturated carbocycles. The predicted octanol–water partition coefficient (Wildman–Crippen LogP) is 14.5. The minimum Gasteiger partial charge on any atom is -0.309 e. The molecular formula is C55H30N4. The fourth-order valence-electron chi connectivity index (χ4n) is 11.2. The molecule has 0 aliphatic heterocycles. The molecule has 0 bridgehead atoms. The maximum atomic E-state index is 5.50. The van der Waals surface area contributed by atoms with Gasteiger partial charge in [0.25, 0.3) is 0 Å². The molecule has 0 spiro atoms. The van der Waals surface area contributed by atoms with Gasteiger partial charge in [0.1, 0.15) is 5.65 Å². The standard InChI is InChI=1S/C55H30N4/c1-2-14-34(15-3-1)57-45-23-9-8-18-38(45)43-28-33(25-27-46(43)57)37-19-10-20-39-40-21-11-22-41-49-47(58(51(37)39)53(40)41)30-56-55-50(49)44-29-32-13-5-6-16-35(32)48-42-26-24-31-12-4-7-17-36(31)52(42)59(55)54(44)48/h1-30H. The highest BCUT2D eigenvalue weighted by atomic mass is 15.0. The Bertz CT molecular complexity index is 4300. The summed E-state index contributed by atoms with van der Waals surface area (Å²) < 4.78 is 7.39. The number of fused-ring (bicyclic) bond motifs is 20. The van der Waals surface area contributed by atoms with Crippen LogP contribution >= 0.6 is 0 Å². The lowest BCUT2D eigenvalue weighted by atomic mass is 9.97. The zero-order valence-corrected chi connectivity index (χ0v) is 31.6. The molecule has 0 radical (unpaired) electrons. The third-order valence-corrected chi connectivity index (χ3v) is 13.5. The molecule has 9 aromatic carbocycles. The Kier molecular flexibility index (Phi) is 5.38. The van der Waals surface area contributed by atoms with Crippen LogP contribution in [0.5, 0.6) is 0 Å². The van der Waals surface area contributed by atoms with Gasteiger partial charge >= 0.3 is 0 Å². The molecule has 0 amide bonds. The van der Waals surface area contributed by atoms with Crippen LogP contribution in [-0.4, -0.2) is 18.4 Å². The number of rotatable bonds is 2. The van der Waals surface area contributed by atoms with E-state index in [4.69, 9.17) is 4.98 Å². The average Bonchev–Trinajstić information content (AvgIpc) is 4.09. The first-order valence-corrected chi connectivity index (χ1v) is 20.4. The molecule has 4 nitrogen and oxygen atoms in total. The molecule has 6 aromatic heterocycles. The van der Waals surface area contributed by atoms with Crippen LogP contribution in [0, 0.1) is 0 Å². The minimum absolute atomic E-state index is 1.01. The second-order valence-electron chi connectivity index (χ2n) is 16.3. The van der Waals surface area contributed by atoms with E-state index in [1.54, 1.807) is 0 Å². The molecule has 0 N–H and O–H groups in total. The zero-order valence-electron chi connectivity index (χ0n) is 31.6. The Labute approximate surface area is 335 Å². The highest BCUT2D eigenvalue weighted by Gasteiger charge is 2.27. The van der Waals surface area contributed by atoms with Crippen molar-refractivity contribution < 1.29 is 0 Å². The summed E-state index contributed by atoms with van der Waals surface area (Å²) in [6, 6.07) is 64.9. The minimum atomic E-state index is 1.01. The molecular weight excluding hydrogens is 717 g/mol. The van der Waals surface area contributed by atoms with Gasteiger partial charge in [0.2, 0.25) is 0 Å². The molecule has 6 heterocycles. The van der Waals surface area contributed by atoms with Crippen LogP contribution in [0.1, 0.15) is 0 Å². The van der Waals surface area contributed by atoms with Crippen molar-refractivity contribution in [2.45, 2.75) is 0 Å². The summed E-state index contributed by atoms with van der Waals surface area (Å²) in [4.78, 5) is 5.50. The Morgan fingerprint density at radius 3 is 1.92 bits per heavy atom. The first-order chi connectivity index (χ1) is 29.3. The highest BCUT2D eigenvalue weighted by Crippen LogP contribution is 2.50. The molecule has 4 heteroatoms. The topological polar surface area (TPSA) is 26.6 Å². The average molecular weight is 747 g/mol. The van der Waals surface area contributed by atoms with Gasteiger partial charge in [0.15, 0.2) is 0 Å². The third kappa shape index (κ3) is 3.56. The van der Waals surface area contributed by atoms with Crippen LogP contribution in [-0.2, 0) is 0 Å². The molecule has 0 aliphatic rings. The van der Waals surface area contributed by atoms with Crippen molar-refractivity contribution in [1.82, 2.24) is 18.4 Å². The van der Waals surface area contributed by atoms with Gasteiger partial charge in [-0.25, -0.2) is 4.98 Å². The second kappa shape index (κ2) is 10.5. The zero-order chi connectivity index (χ0) is 38.1. The first kappa shape index (κ1) is 30.2. The van der Waals surface area contributed by atoms with E-state index >= 15 is 0 Å². The molecule has 0 aliphatic carbocycles. The van der Waals surface area contributed by atoms with Crippen molar-refractivity contribution in [3.8, 4) is 16.8 Å². The smallest absolute Gasteiger partial charge is 0.146 e. The number of benzene rings is 9. The van der Waals surface area contributed by atoms with Crippen molar-refractivity contribution in [1.29, 1.82) is 0 Å². The number of pyridine rings is 1. The van der Waals surface area contributed by atoms with Crippen LogP contribution in [0.3, 0.4) is 0 Å². The molecule has 0 unspecified atom stereocenters. The van der Waals surface area contributed by atoms with E-state index in [0.717, 1.165) is 11.2 Å². The summed E-state index contributed by atoms with van der Waals surface area (Å²) in [5, 5.41) is 17.6. The highest BCUT2D eigenvalue weighted by molar-refractivity contribution is 6.39. The number of para-hydroxylation sites is 4. The fraction of sp³-hybridized carbons (Fsp3) is 0. The third-order valence-electron chi connectivity index (χ3n) is 13.5. The molecule has 15 aromatic rings. The van der Waals surface area contributed by atoms with Crippen LogP contribution in [0.4, 0.5) is 0 Å². The molecule has 0 saturated heterocycles. The van der Waals surface area contributed by atoms with Gasteiger partial charge in [-0.1, -0.05) is 140 Å². The van der Waals surface area contributed by atoms with Crippen LogP contribution in [0.15, 0.2) is 182 Å². The van der Waals surface area contributed by atoms with Crippen LogP contribution in [0.25, 0.3) is 136 Å². The van der Waals surface area contributed by atoms with E-state index in [0.29, 0.717) is 0 Å². The number of nitrogens with zero attached hydrogens (tertiary/aromatic N) is 4. The van der Waals surface area contributed by atoms with Crippen LogP contribution < -0.4 is 0 Å². The maximum absolute atomic E-state index is 5.50. The Morgan fingerprint density at radius 1 is 0.339 bits per heavy atom. The van der Waals surface area contributed by atoms with E-state index in [9.17, 15) is 0 Å². The van der Waals surface area contributed by atoms with Gasteiger partial charge in [-0.3, -0.25) is 4.40 Å². The van der Waals surface area contributed by atoms with Gasteiger partial charge in [-0.2, -0.15) is 0 Å². The van der Waals surface area contributed by atoms with E-state index in [1.807, 2.05) is 0 Å². The maximum Gasteiger partial charge on any atom is 0.146 e. The van der Waals surface area contributed by atoms with Gasteiger partial charge in [0, 0.05) is 70.5 Å². The lowest BCUT2D eigenvalue weighted by Gasteiger charge is -2.09.